The maximum Gasteiger partial charge on any atom is 0.203 e. The zero-order chi connectivity index (χ0) is 26.0. The SMILES string of the molecule is COc1ccc(CCc2cccc(Oc3ccc(CCc4cc(OC)c(OC)c(OC)c4)cc3)c2)cc1. The first-order chi connectivity index (χ1) is 18.1. The van der Waals surface area contributed by atoms with Crippen LogP contribution in [-0.2, 0) is 25.7 Å². The van der Waals surface area contributed by atoms with Crippen LogP contribution in [0.1, 0.15) is 22.3 Å². The molecule has 0 amide bonds. The predicted molar refractivity (Wildman–Crippen MR) is 147 cm³/mol. The Balaban J connectivity index is 1.33. The van der Waals surface area contributed by atoms with Gasteiger partial charge in [0.15, 0.2) is 11.5 Å². The average Bonchev–Trinajstić information content (AvgIpc) is 2.95. The number of hydrogen-bond donors (Lipinski definition) is 0. The Labute approximate surface area is 219 Å². The van der Waals surface area contributed by atoms with Gasteiger partial charge in [0.2, 0.25) is 5.75 Å². The molecule has 0 bridgehead atoms. The largest absolute Gasteiger partial charge is 0.497 e. The molecule has 37 heavy (non-hydrogen) atoms. The number of hydrogen-bond acceptors (Lipinski definition) is 5. The Morgan fingerprint density at radius 1 is 0.432 bits per heavy atom. The van der Waals surface area contributed by atoms with Crippen LogP contribution in [0.2, 0.25) is 0 Å². The molecule has 0 aromatic heterocycles. The molecule has 0 saturated heterocycles. The van der Waals surface area contributed by atoms with E-state index in [0.29, 0.717) is 17.2 Å². The second-order valence-electron chi connectivity index (χ2n) is 8.78. The van der Waals surface area contributed by atoms with Crippen LogP contribution in [-0.4, -0.2) is 28.4 Å². The number of rotatable bonds is 12. The second-order valence-corrected chi connectivity index (χ2v) is 8.78. The molecule has 0 fully saturated rings. The van der Waals surface area contributed by atoms with Crippen molar-refractivity contribution in [2.45, 2.75) is 25.7 Å². The first kappa shape index (κ1) is 26.0. The molecule has 4 aromatic carbocycles. The summed E-state index contributed by atoms with van der Waals surface area (Å²) in [6.45, 7) is 0. The summed E-state index contributed by atoms with van der Waals surface area (Å²) in [5, 5.41) is 0. The van der Waals surface area contributed by atoms with E-state index in [1.807, 2.05) is 48.5 Å². The van der Waals surface area contributed by atoms with Crippen LogP contribution >= 0.6 is 0 Å². The molecule has 0 unspecified atom stereocenters. The van der Waals surface area contributed by atoms with Gasteiger partial charge < -0.3 is 23.7 Å². The van der Waals surface area contributed by atoms with Crippen LogP contribution < -0.4 is 23.7 Å². The molecule has 0 atom stereocenters. The van der Waals surface area contributed by atoms with Gasteiger partial charge in [-0.1, -0.05) is 36.4 Å². The summed E-state index contributed by atoms with van der Waals surface area (Å²) in [4.78, 5) is 0. The topological polar surface area (TPSA) is 46.2 Å². The van der Waals surface area contributed by atoms with E-state index in [9.17, 15) is 0 Å². The molecule has 0 saturated carbocycles. The van der Waals surface area contributed by atoms with Gasteiger partial charge in [-0.25, -0.2) is 0 Å². The highest BCUT2D eigenvalue weighted by atomic mass is 16.5. The molecule has 0 radical (unpaired) electrons. The number of methoxy groups -OCH3 is 4. The van der Waals surface area contributed by atoms with Gasteiger partial charge in [0.25, 0.3) is 0 Å². The van der Waals surface area contributed by atoms with Gasteiger partial charge in [-0.15, -0.1) is 0 Å². The van der Waals surface area contributed by atoms with E-state index in [1.165, 1.54) is 16.7 Å². The van der Waals surface area contributed by atoms with Gasteiger partial charge >= 0.3 is 0 Å². The first-order valence-corrected chi connectivity index (χ1v) is 12.4. The molecule has 0 aliphatic rings. The third kappa shape index (κ3) is 6.98. The molecule has 0 heterocycles. The molecule has 192 valence electrons. The lowest BCUT2D eigenvalue weighted by Gasteiger charge is -2.14. The highest BCUT2D eigenvalue weighted by molar-refractivity contribution is 5.54. The quantitative estimate of drug-likeness (QED) is 0.209. The number of benzene rings is 4. The minimum absolute atomic E-state index is 0.611. The van der Waals surface area contributed by atoms with E-state index in [0.717, 1.165) is 48.5 Å². The minimum atomic E-state index is 0.611. The van der Waals surface area contributed by atoms with E-state index in [2.05, 4.69) is 36.4 Å². The zero-order valence-electron chi connectivity index (χ0n) is 22.0. The van der Waals surface area contributed by atoms with Gasteiger partial charge in [-0.05, 0) is 96.5 Å². The highest BCUT2D eigenvalue weighted by Crippen LogP contribution is 2.38. The van der Waals surface area contributed by atoms with Crippen molar-refractivity contribution in [3.05, 3.63) is 107 Å². The van der Waals surface area contributed by atoms with Gasteiger partial charge in [0, 0.05) is 0 Å². The molecule has 5 heteroatoms. The summed E-state index contributed by atoms with van der Waals surface area (Å²) in [5.74, 6) is 4.51. The van der Waals surface area contributed by atoms with Gasteiger partial charge in [0.05, 0.1) is 28.4 Å². The Kier molecular flexibility index (Phi) is 8.93. The molecule has 0 spiro atoms. The molecule has 0 aliphatic heterocycles. The normalized spacial score (nSPS) is 10.6. The molecule has 0 N–H and O–H groups in total. The third-order valence-electron chi connectivity index (χ3n) is 6.35. The first-order valence-electron chi connectivity index (χ1n) is 12.4. The van der Waals surface area contributed by atoms with Crippen LogP contribution in [0.4, 0.5) is 0 Å². The smallest absolute Gasteiger partial charge is 0.203 e. The van der Waals surface area contributed by atoms with E-state index in [-0.39, 0.29) is 0 Å². The Bertz CT molecular complexity index is 1250. The van der Waals surface area contributed by atoms with Crippen molar-refractivity contribution in [3.63, 3.8) is 0 Å². The molecule has 0 aliphatic carbocycles. The standard InChI is InChI=1S/C32H34O5/c1-33-27-16-12-23(13-17-27)8-10-25-6-5-7-29(20-25)37-28-18-14-24(15-19-28)9-11-26-21-30(34-2)32(36-4)31(22-26)35-3/h5-7,12-22H,8-11H2,1-4H3. The van der Waals surface area contributed by atoms with E-state index in [1.54, 1.807) is 28.4 Å². The van der Waals surface area contributed by atoms with Crippen molar-refractivity contribution in [2.75, 3.05) is 28.4 Å². The molecule has 4 rings (SSSR count). The maximum absolute atomic E-state index is 6.14. The number of aryl methyl sites for hydroxylation is 4. The van der Waals surface area contributed by atoms with Crippen molar-refractivity contribution < 1.29 is 23.7 Å². The zero-order valence-corrected chi connectivity index (χ0v) is 22.0. The highest BCUT2D eigenvalue weighted by Gasteiger charge is 2.13. The fourth-order valence-electron chi connectivity index (χ4n) is 4.27. The Morgan fingerprint density at radius 2 is 0.973 bits per heavy atom. The van der Waals surface area contributed by atoms with Crippen molar-refractivity contribution in [3.8, 4) is 34.5 Å². The number of ether oxygens (including phenoxy) is 5. The van der Waals surface area contributed by atoms with E-state index >= 15 is 0 Å². The average molecular weight is 499 g/mol. The van der Waals surface area contributed by atoms with Gasteiger partial charge in [0.1, 0.15) is 17.2 Å². The van der Waals surface area contributed by atoms with Crippen LogP contribution in [0.5, 0.6) is 34.5 Å². The maximum atomic E-state index is 6.14. The minimum Gasteiger partial charge on any atom is -0.497 e. The third-order valence-corrected chi connectivity index (χ3v) is 6.35. The van der Waals surface area contributed by atoms with E-state index in [4.69, 9.17) is 23.7 Å². The van der Waals surface area contributed by atoms with Crippen molar-refractivity contribution >= 4 is 0 Å². The summed E-state index contributed by atoms with van der Waals surface area (Å²) >= 11 is 0. The lowest BCUT2D eigenvalue weighted by Crippen LogP contribution is -1.98. The summed E-state index contributed by atoms with van der Waals surface area (Å²) in [6.07, 6.45) is 3.66. The van der Waals surface area contributed by atoms with Crippen LogP contribution in [0.25, 0.3) is 0 Å². The monoisotopic (exact) mass is 498 g/mol. The molecule has 4 aromatic rings. The lowest BCUT2D eigenvalue weighted by atomic mass is 10.0. The predicted octanol–water partition coefficient (Wildman–Crippen LogP) is 7.08. The summed E-state index contributed by atoms with van der Waals surface area (Å²) in [7, 11) is 6.57. The van der Waals surface area contributed by atoms with Gasteiger partial charge in [-0.2, -0.15) is 0 Å². The van der Waals surface area contributed by atoms with Crippen LogP contribution in [0.15, 0.2) is 84.9 Å². The van der Waals surface area contributed by atoms with Crippen LogP contribution in [0.3, 0.4) is 0 Å². The fourth-order valence-corrected chi connectivity index (χ4v) is 4.27. The lowest BCUT2D eigenvalue weighted by molar-refractivity contribution is 0.324. The van der Waals surface area contributed by atoms with Crippen molar-refractivity contribution in [1.82, 2.24) is 0 Å². The Hall–Kier alpha value is -4.12. The molecular weight excluding hydrogens is 464 g/mol. The van der Waals surface area contributed by atoms with E-state index < -0.39 is 0 Å². The summed E-state index contributed by atoms with van der Waals surface area (Å²) < 4.78 is 27.7. The van der Waals surface area contributed by atoms with Crippen LogP contribution in [0, 0.1) is 0 Å². The molecule has 5 nitrogen and oxygen atoms in total. The van der Waals surface area contributed by atoms with Crippen molar-refractivity contribution in [2.24, 2.45) is 0 Å². The second kappa shape index (κ2) is 12.7. The van der Waals surface area contributed by atoms with Gasteiger partial charge in [-0.3, -0.25) is 0 Å². The Morgan fingerprint density at radius 3 is 1.51 bits per heavy atom. The summed E-state index contributed by atoms with van der Waals surface area (Å²) in [6, 6.07) is 28.8. The summed E-state index contributed by atoms with van der Waals surface area (Å²) in [5.41, 5.74) is 4.89. The molecular formula is C32H34O5. The van der Waals surface area contributed by atoms with Crippen molar-refractivity contribution in [1.29, 1.82) is 0 Å². The fraction of sp³-hybridized carbons (Fsp3) is 0.250.